The van der Waals surface area contributed by atoms with Gasteiger partial charge in [0.25, 0.3) is 5.92 Å². The number of alkyl halides is 2. The van der Waals surface area contributed by atoms with Crippen LogP contribution in [-0.2, 0) is 5.41 Å². The van der Waals surface area contributed by atoms with Crippen LogP contribution in [0.2, 0.25) is 0 Å². The van der Waals surface area contributed by atoms with Gasteiger partial charge >= 0.3 is 0 Å². The molecule has 1 atom stereocenters. The second kappa shape index (κ2) is 3.25. The van der Waals surface area contributed by atoms with Crippen LogP contribution in [0.15, 0.2) is 22.7 Å². The van der Waals surface area contributed by atoms with Crippen LogP contribution in [-0.4, -0.2) is 12.5 Å². The van der Waals surface area contributed by atoms with Crippen molar-refractivity contribution in [3.8, 4) is 0 Å². The summed E-state index contributed by atoms with van der Waals surface area (Å²) in [5.74, 6) is -2.65. The first-order valence-corrected chi connectivity index (χ1v) is 5.57. The minimum Gasteiger partial charge on any atom is -0.329 e. The van der Waals surface area contributed by atoms with E-state index in [1.807, 2.05) is 19.1 Å². The number of halogens is 3. The second-order valence-electron chi connectivity index (χ2n) is 4.13. The third kappa shape index (κ3) is 1.51. The molecule has 0 saturated heterocycles. The van der Waals surface area contributed by atoms with Crippen molar-refractivity contribution in [2.75, 3.05) is 6.54 Å². The molecule has 0 aliphatic heterocycles. The standard InChI is InChI=1S/C11H12BrF2N/c1-7-2-3-8(12)4-9(7)10(6-15)5-11(10,13)14/h2-4H,5-6,15H2,1H3. The minimum absolute atomic E-state index is 0.00269. The molecule has 2 N–H and O–H groups in total. The van der Waals surface area contributed by atoms with Crippen molar-refractivity contribution in [3.05, 3.63) is 33.8 Å². The molecule has 1 aliphatic carbocycles. The van der Waals surface area contributed by atoms with Crippen LogP contribution < -0.4 is 5.73 Å². The summed E-state index contributed by atoms with van der Waals surface area (Å²) in [4.78, 5) is 0. The van der Waals surface area contributed by atoms with Crippen LogP contribution >= 0.6 is 15.9 Å². The van der Waals surface area contributed by atoms with Gasteiger partial charge in [-0.1, -0.05) is 22.0 Å². The summed E-state index contributed by atoms with van der Waals surface area (Å²) >= 11 is 3.30. The average Bonchev–Trinajstić information content (AvgIpc) is 2.74. The number of nitrogens with two attached hydrogens (primary N) is 1. The molecular formula is C11H12BrF2N. The number of hydrogen-bond acceptors (Lipinski definition) is 1. The fraction of sp³-hybridized carbons (Fsp3) is 0.455. The van der Waals surface area contributed by atoms with Gasteiger partial charge in [-0.3, -0.25) is 0 Å². The lowest BCUT2D eigenvalue weighted by molar-refractivity contribution is 0.0894. The molecule has 0 bridgehead atoms. The van der Waals surface area contributed by atoms with Crippen molar-refractivity contribution in [2.45, 2.75) is 24.7 Å². The van der Waals surface area contributed by atoms with Gasteiger partial charge < -0.3 is 5.73 Å². The maximum Gasteiger partial charge on any atom is 0.260 e. The molecule has 0 heterocycles. The van der Waals surface area contributed by atoms with Crippen LogP contribution in [0.3, 0.4) is 0 Å². The van der Waals surface area contributed by atoms with Crippen LogP contribution in [0, 0.1) is 6.92 Å². The Kier molecular flexibility index (Phi) is 2.39. The van der Waals surface area contributed by atoms with E-state index in [0.717, 1.165) is 10.0 Å². The monoisotopic (exact) mass is 275 g/mol. The summed E-state index contributed by atoms with van der Waals surface area (Å²) in [5.41, 5.74) is 5.92. The molecule has 1 fully saturated rings. The Hall–Kier alpha value is -0.480. The van der Waals surface area contributed by atoms with Crippen molar-refractivity contribution in [3.63, 3.8) is 0 Å². The van der Waals surface area contributed by atoms with E-state index < -0.39 is 11.3 Å². The highest BCUT2D eigenvalue weighted by atomic mass is 79.9. The molecule has 0 aromatic heterocycles. The number of aryl methyl sites for hydroxylation is 1. The molecule has 15 heavy (non-hydrogen) atoms. The maximum absolute atomic E-state index is 13.4. The Morgan fingerprint density at radius 2 is 2.07 bits per heavy atom. The Bertz CT molecular complexity index is 406. The van der Waals surface area contributed by atoms with E-state index in [1.54, 1.807) is 6.07 Å². The molecule has 1 aliphatic rings. The van der Waals surface area contributed by atoms with Gasteiger partial charge in [0.05, 0.1) is 5.41 Å². The fourth-order valence-electron chi connectivity index (χ4n) is 2.07. The first-order chi connectivity index (χ1) is 6.93. The van der Waals surface area contributed by atoms with Gasteiger partial charge in [0.15, 0.2) is 0 Å². The van der Waals surface area contributed by atoms with E-state index in [-0.39, 0.29) is 13.0 Å². The average molecular weight is 276 g/mol. The first-order valence-electron chi connectivity index (χ1n) is 4.77. The van der Waals surface area contributed by atoms with Gasteiger partial charge in [0.2, 0.25) is 0 Å². The molecule has 1 aromatic rings. The first kappa shape index (κ1) is 11.0. The zero-order valence-corrected chi connectivity index (χ0v) is 9.94. The highest BCUT2D eigenvalue weighted by molar-refractivity contribution is 9.10. The van der Waals surface area contributed by atoms with Crippen molar-refractivity contribution in [2.24, 2.45) is 5.73 Å². The summed E-state index contributed by atoms with van der Waals surface area (Å²) in [6, 6.07) is 5.44. The topological polar surface area (TPSA) is 26.0 Å². The zero-order valence-electron chi connectivity index (χ0n) is 8.36. The third-order valence-electron chi connectivity index (χ3n) is 3.16. The predicted octanol–water partition coefficient (Wildman–Crippen LogP) is 2.99. The van der Waals surface area contributed by atoms with Gasteiger partial charge in [-0.25, -0.2) is 8.78 Å². The predicted molar refractivity (Wildman–Crippen MR) is 59.2 cm³/mol. The Balaban J connectivity index is 2.50. The Morgan fingerprint density at radius 3 is 2.53 bits per heavy atom. The maximum atomic E-state index is 13.4. The summed E-state index contributed by atoms with van der Waals surface area (Å²) in [5, 5.41) is 0. The Labute approximate surface area is 95.8 Å². The molecule has 0 spiro atoms. The number of hydrogen-bond donors (Lipinski definition) is 1. The molecular weight excluding hydrogens is 264 g/mol. The summed E-state index contributed by atoms with van der Waals surface area (Å²) in [6.45, 7) is 1.84. The van der Waals surface area contributed by atoms with Gasteiger partial charge in [0, 0.05) is 17.4 Å². The van der Waals surface area contributed by atoms with Gasteiger partial charge in [-0.2, -0.15) is 0 Å². The van der Waals surface area contributed by atoms with Crippen molar-refractivity contribution in [1.82, 2.24) is 0 Å². The van der Waals surface area contributed by atoms with E-state index in [0.29, 0.717) is 5.56 Å². The molecule has 4 heteroatoms. The lowest BCUT2D eigenvalue weighted by Gasteiger charge is -2.17. The lowest BCUT2D eigenvalue weighted by Crippen LogP contribution is -2.27. The van der Waals surface area contributed by atoms with Crippen molar-refractivity contribution >= 4 is 15.9 Å². The molecule has 0 amide bonds. The molecule has 1 aromatic carbocycles. The number of benzene rings is 1. The minimum atomic E-state index is -2.65. The molecule has 1 nitrogen and oxygen atoms in total. The van der Waals surface area contributed by atoms with E-state index in [9.17, 15) is 8.78 Å². The van der Waals surface area contributed by atoms with Gasteiger partial charge in [-0.05, 0) is 30.2 Å². The molecule has 1 saturated carbocycles. The van der Waals surface area contributed by atoms with Crippen LogP contribution in [0.1, 0.15) is 17.5 Å². The zero-order chi connectivity index (χ0) is 11.3. The van der Waals surface area contributed by atoms with Crippen LogP contribution in [0.25, 0.3) is 0 Å². The van der Waals surface area contributed by atoms with E-state index >= 15 is 0 Å². The quantitative estimate of drug-likeness (QED) is 0.882. The normalized spacial score (nSPS) is 27.8. The smallest absolute Gasteiger partial charge is 0.260 e. The van der Waals surface area contributed by atoms with Crippen molar-refractivity contribution in [1.29, 1.82) is 0 Å². The molecule has 2 rings (SSSR count). The fourth-order valence-corrected chi connectivity index (χ4v) is 2.43. The summed E-state index contributed by atoms with van der Waals surface area (Å²) < 4.78 is 27.5. The Morgan fingerprint density at radius 1 is 1.47 bits per heavy atom. The lowest BCUT2D eigenvalue weighted by atomic mass is 9.91. The molecule has 0 radical (unpaired) electrons. The van der Waals surface area contributed by atoms with Gasteiger partial charge in [0.1, 0.15) is 0 Å². The highest BCUT2D eigenvalue weighted by Gasteiger charge is 2.71. The summed E-state index contributed by atoms with van der Waals surface area (Å²) in [6.07, 6.45) is -0.131. The van der Waals surface area contributed by atoms with E-state index in [4.69, 9.17) is 5.73 Å². The second-order valence-corrected chi connectivity index (χ2v) is 5.04. The largest absolute Gasteiger partial charge is 0.329 e. The van der Waals surface area contributed by atoms with Crippen LogP contribution in [0.4, 0.5) is 8.78 Å². The van der Waals surface area contributed by atoms with Gasteiger partial charge in [-0.15, -0.1) is 0 Å². The number of rotatable bonds is 2. The summed E-state index contributed by atoms with van der Waals surface area (Å²) in [7, 11) is 0. The van der Waals surface area contributed by atoms with E-state index in [2.05, 4.69) is 15.9 Å². The molecule has 1 unspecified atom stereocenters. The van der Waals surface area contributed by atoms with E-state index in [1.165, 1.54) is 0 Å². The third-order valence-corrected chi connectivity index (χ3v) is 3.66. The van der Waals surface area contributed by atoms with Crippen LogP contribution in [0.5, 0.6) is 0 Å². The molecule has 82 valence electrons. The van der Waals surface area contributed by atoms with Crippen molar-refractivity contribution < 1.29 is 8.78 Å². The SMILES string of the molecule is Cc1ccc(Br)cc1C1(CN)CC1(F)F. The highest BCUT2D eigenvalue weighted by Crippen LogP contribution is 2.61.